The molecule has 7 heteroatoms. The van der Waals surface area contributed by atoms with Crippen LogP contribution in [-0.4, -0.2) is 47.6 Å². The van der Waals surface area contributed by atoms with Crippen molar-refractivity contribution in [3.63, 3.8) is 0 Å². The normalized spacial score (nSPS) is 33.0. The van der Waals surface area contributed by atoms with Crippen molar-refractivity contribution in [1.82, 2.24) is 15.5 Å². The van der Waals surface area contributed by atoms with Gasteiger partial charge in [0.25, 0.3) is 0 Å². The Kier molecular flexibility index (Phi) is 6.02. The molecule has 3 atom stereocenters. The molecular weight excluding hydrogens is 395 g/mol. The maximum atomic E-state index is 13.6. The van der Waals surface area contributed by atoms with Crippen molar-refractivity contribution in [1.29, 1.82) is 5.26 Å². The number of nitrogens with zero attached hydrogens (tertiary/aromatic N) is 2. The van der Waals surface area contributed by atoms with Gasteiger partial charge >= 0.3 is 0 Å². The second-order valence-corrected chi connectivity index (χ2v) is 9.54. The summed E-state index contributed by atoms with van der Waals surface area (Å²) in [6.45, 7) is 2.14. The number of rotatable bonds is 6. The number of hydrogen-bond donors (Lipinski definition) is 2. The van der Waals surface area contributed by atoms with Gasteiger partial charge in [0.05, 0.1) is 25.2 Å². The molecule has 1 aliphatic heterocycles. The van der Waals surface area contributed by atoms with Crippen LogP contribution in [0, 0.1) is 16.7 Å². The predicted octanol–water partition coefficient (Wildman–Crippen LogP) is 3.01. The molecule has 4 fully saturated rings. The van der Waals surface area contributed by atoms with Gasteiger partial charge in [0.2, 0.25) is 11.8 Å². The molecule has 166 valence electrons. The molecule has 1 aromatic carbocycles. The molecule has 3 unspecified atom stereocenters. The number of likely N-dealkylation sites (tertiary alicyclic amines) is 1. The van der Waals surface area contributed by atoms with E-state index >= 15 is 0 Å². The van der Waals surface area contributed by atoms with Crippen molar-refractivity contribution < 1.29 is 14.0 Å². The topological polar surface area (TPSA) is 85.2 Å². The average Bonchev–Trinajstić information content (AvgIpc) is 3.20. The maximum Gasteiger partial charge on any atom is 0.237 e. The highest BCUT2D eigenvalue weighted by molar-refractivity contribution is 5.83. The number of nitrogens with one attached hydrogen (secondary N) is 2. The third-order valence-corrected chi connectivity index (χ3v) is 7.71. The molecule has 0 spiro atoms. The van der Waals surface area contributed by atoms with E-state index in [1.54, 1.807) is 0 Å². The maximum absolute atomic E-state index is 13.6. The van der Waals surface area contributed by atoms with E-state index in [9.17, 15) is 19.2 Å². The Balaban J connectivity index is 1.31. The van der Waals surface area contributed by atoms with Gasteiger partial charge in [0.15, 0.2) is 0 Å². The van der Waals surface area contributed by atoms with Gasteiger partial charge in [-0.1, -0.05) is 30.3 Å². The van der Waals surface area contributed by atoms with Crippen molar-refractivity contribution >= 4 is 11.8 Å². The van der Waals surface area contributed by atoms with Crippen LogP contribution in [0.4, 0.5) is 4.39 Å². The lowest BCUT2D eigenvalue weighted by Crippen LogP contribution is -2.60. The molecule has 0 aromatic heterocycles. The molecule has 1 aromatic rings. The highest BCUT2D eigenvalue weighted by Crippen LogP contribution is 2.52. The van der Waals surface area contributed by atoms with Crippen LogP contribution in [0.25, 0.3) is 0 Å². The van der Waals surface area contributed by atoms with E-state index in [0.717, 1.165) is 44.1 Å². The highest BCUT2D eigenvalue weighted by Gasteiger charge is 2.52. The Morgan fingerprint density at radius 1 is 1.19 bits per heavy atom. The Morgan fingerprint density at radius 2 is 1.84 bits per heavy atom. The standard InChI is InChI=1S/C24H31FN4O2/c1-17(18-5-3-2-4-6-18)28-22(31)23-7-10-24(11-8-23,12-9-23)27-15-21(30)29-16-19(25)13-20(29)14-26/h2-6,17,19-20,27H,7-13,15-16H2,1H3,(H,28,31). The molecule has 2 bridgehead atoms. The first kappa shape index (κ1) is 21.8. The third-order valence-electron chi connectivity index (χ3n) is 7.71. The Morgan fingerprint density at radius 3 is 2.45 bits per heavy atom. The van der Waals surface area contributed by atoms with Gasteiger partial charge in [-0.2, -0.15) is 5.26 Å². The SMILES string of the molecule is CC(NC(=O)C12CCC(NCC(=O)N3CC(F)CC3C#N)(CC1)CC2)c1ccccc1. The van der Waals surface area contributed by atoms with Crippen LogP contribution in [0.5, 0.6) is 0 Å². The van der Waals surface area contributed by atoms with Crippen molar-refractivity contribution in [3.05, 3.63) is 35.9 Å². The zero-order chi connectivity index (χ0) is 22.1. The lowest BCUT2D eigenvalue weighted by Gasteiger charge is -2.53. The summed E-state index contributed by atoms with van der Waals surface area (Å²) in [5.41, 5.74) is 0.639. The molecule has 1 saturated heterocycles. The van der Waals surface area contributed by atoms with Crippen LogP contribution in [-0.2, 0) is 9.59 Å². The van der Waals surface area contributed by atoms with Gasteiger partial charge < -0.3 is 15.5 Å². The number of halogens is 1. The van der Waals surface area contributed by atoms with Crippen molar-refractivity contribution in [3.8, 4) is 6.07 Å². The fourth-order valence-electron chi connectivity index (χ4n) is 5.51. The lowest BCUT2D eigenvalue weighted by molar-refractivity contribution is -0.140. The summed E-state index contributed by atoms with van der Waals surface area (Å²) < 4.78 is 13.6. The van der Waals surface area contributed by atoms with E-state index in [2.05, 4.69) is 10.6 Å². The zero-order valence-corrected chi connectivity index (χ0v) is 18.1. The monoisotopic (exact) mass is 426 g/mol. The summed E-state index contributed by atoms with van der Waals surface area (Å²) in [6.07, 6.45) is 3.94. The first-order valence-corrected chi connectivity index (χ1v) is 11.3. The average molecular weight is 427 g/mol. The number of hydrogen-bond acceptors (Lipinski definition) is 4. The minimum Gasteiger partial charge on any atom is -0.349 e. The second kappa shape index (κ2) is 8.58. The van der Waals surface area contributed by atoms with Gasteiger partial charge in [-0.3, -0.25) is 9.59 Å². The van der Waals surface area contributed by atoms with Crippen LogP contribution >= 0.6 is 0 Å². The quantitative estimate of drug-likeness (QED) is 0.732. The van der Waals surface area contributed by atoms with Crippen LogP contribution in [0.3, 0.4) is 0 Å². The third kappa shape index (κ3) is 4.31. The van der Waals surface area contributed by atoms with Gasteiger partial charge in [-0.15, -0.1) is 0 Å². The molecule has 3 saturated carbocycles. The number of benzene rings is 1. The molecule has 5 rings (SSSR count). The summed E-state index contributed by atoms with van der Waals surface area (Å²) in [7, 11) is 0. The smallest absolute Gasteiger partial charge is 0.237 e. The number of carbonyl (C=O) groups is 2. The Labute approximate surface area is 183 Å². The second-order valence-electron chi connectivity index (χ2n) is 9.54. The summed E-state index contributed by atoms with van der Waals surface area (Å²) >= 11 is 0. The van der Waals surface area contributed by atoms with E-state index < -0.39 is 12.2 Å². The van der Waals surface area contributed by atoms with E-state index in [1.165, 1.54) is 4.90 Å². The van der Waals surface area contributed by atoms with Crippen LogP contribution in [0.1, 0.15) is 63.5 Å². The van der Waals surface area contributed by atoms with Gasteiger partial charge in [-0.25, -0.2) is 4.39 Å². The van der Waals surface area contributed by atoms with Crippen LogP contribution in [0.15, 0.2) is 30.3 Å². The van der Waals surface area contributed by atoms with Crippen molar-refractivity contribution in [2.45, 2.75) is 75.7 Å². The largest absolute Gasteiger partial charge is 0.349 e. The highest BCUT2D eigenvalue weighted by atomic mass is 19.1. The Hall–Kier alpha value is -2.46. The molecule has 2 amide bonds. The van der Waals surface area contributed by atoms with Crippen LogP contribution < -0.4 is 10.6 Å². The minimum atomic E-state index is -1.12. The fourth-order valence-corrected chi connectivity index (χ4v) is 5.51. The van der Waals surface area contributed by atoms with Crippen LogP contribution in [0.2, 0.25) is 0 Å². The first-order valence-electron chi connectivity index (χ1n) is 11.3. The zero-order valence-electron chi connectivity index (χ0n) is 18.1. The fraction of sp³-hybridized carbons (Fsp3) is 0.625. The van der Waals surface area contributed by atoms with E-state index in [0.29, 0.717) is 0 Å². The minimum absolute atomic E-state index is 0.00855. The summed E-state index contributed by atoms with van der Waals surface area (Å²) in [4.78, 5) is 27.1. The van der Waals surface area contributed by atoms with Crippen molar-refractivity contribution in [2.75, 3.05) is 13.1 Å². The number of fused-ring (bicyclic) bond motifs is 3. The molecule has 6 nitrogen and oxygen atoms in total. The molecule has 3 aliphatic carbocycles. The number of amides is 2. The summed E-state index contributed by atoms with van der Waals surface area (Å²) in [5, 5.41) is 15.8. The molecule has 1 heterocycles. The van der Waals surface area contributed by atoms with E-state index in [-0.39, 0.29) is 48.3 Å². The molecule has 0 radical (unpaired) electrons. The summed E-state index contributed by atoms with van der Waals surface area (Å²) in [5.74, 6) is -0.0749. The van der Waals surface area contributed by atoms with E-state index in [4.69, 9.17) is 0 Å². The van der Waals surface area contributed by atoms with Gasteiger partial charge in [-0.05, 0) is 51.0 Å². The number of carbonyl (C=O) groups excluding carboxylic acids is 2. The summed E-state index contributed by atoms with van der Waals surface area (Å²) in [6, 6.07) is 11.3. The van der Waals surface area contributed by atoms with Gasteiger partial charge in [0, 0.05) is 17.4 Å². The lowest BCUT2D eigenvalue weighted by atomic mass is 9.57. The molecular formula is C24H31FN4O2. The van der Waals surface area contributed by atoms with Crippen molar-refractivity contribution in [2.24, 2.45) is 5.41 Å². The van der Waals surface area contributed by atoms with Gasteiger partial charge in [0.1, 0.15) is 12.2 Å². The molecule has 4 aliphatic rings. The molecule has 31 heavy (non-hydrogen) atoms. The number of alkyl halides is 1. The molecule has 2 N–H and O–H groups in total. The van der Waals surface area contributed by atoms with E-state index in [1.807, 2.05) is 43.3 Å². The first-order chi connectivity index (χ1) is 14.9. The Bertz CT molecular complexity index is 844. The number of nitriles is 1. The predicted molar refractivity (Wildman–Crippen MR) is 114 cm³/mol.